The van der Waals surface area contributed by atoms with Crippen LogP contribution in [-0.4, -0.2) is 52.3 Å². The van der Waals surface area contributed by atoms with Crippen LogP contribution in [0, 0.1) is 0 Å². The third-order valence-electron chi connectivity index (χ3n) is 4.78. The summed E-state index contributed by atoms with van der Waals surface area (Å²) < 4.78 is 28.5. The summed E-state index contributed by atoms with van der Waals surface area (Å²) in [7, 11) is -4.77. The SMILES string of the molecule is CC(C)[Si](OCC(=O)NNC(=O)C1N=CC=CC1=S(=O)=O)(C(C)C)C(C)C. The first kappa shape index (κ1) is 23.3. The maximum atomic E-state index is 12.2. The second kappa shape index (κ2) is 9.95. The Morgan fingerprint density at radius 2 is 1.67 bits per heavy atom. The van der Waals surface area contributed by atoms with Crippen molar-refractivity contribution in [3.63, 3.8) is 0 Å². The minimum Gasteiger partial charge on any atom is -0.407 e. The van der Waals surface area contributed by atoms with Crippen LogP contribution in [0.25, 0.3) is 0 Å². The Labute approximate surface area is 163 Å². The molecule has 152 valence electrons. The van der Waals surface area contributed by atoms with E-state index in [1.165, 1.54) is 18.4 Å². The number of rotatable bonds is 7. The van der Waals surface area contributed by atoms with Gasteiger partial charge in [0.2, 0.25) is 18.6 Å². The largest absolute Gasteiger partial charge is 0.407 e. The third kappa shape index (κ3) is 5.60. The lowest BCUT2D eigenvalue weighted by Gasteiger charge is -2.41. The van der Waals surface area contributed by atoms with Gasteiger partial charge < -0.3 is 4.43 Å². The number of nitrogens with zero attached hydrogens (tertiary/aromatic N) is 1. The number of nitrogens with one attached hydrogen (secondary N) is 2. The zero-order valence-electron chi connectivity index (χ0n) is 16.6. The molecular weight excluding hydrogens is 386 g/mol. The number of hydrogen-bond acceptors (Lipinski definition) is 6. The van der Waals surface area contributed by atoms with Crippen LogP contribution in [0.5, 0.6) is 0 Å². The molecule has 0 aromatic carbocycles. The summed E-state index contributed by atoms with van der Waals surface area (Å²) in [6, 6.07) is -1.22. The monoisotopic (exact) mass is 415 g/mol. The molecule has 10 heteroatoms. The Bertz CT molecular complexity index is 727. The van der Waals surface area contributed by atoms with Crippen molar-refractivity contribution >= 4 is 41.5 Å². The second-order valence-corrected chi connectivity index (χ2v) is 13.7. The summed E-state index contributed by atoms with van der Waals surface area (Å²) >= 11 is 0. The zero-order chi connectivity index (χ0) is 20.8. The molecule has 0 radical (unpaired) electrons. The molecule has 0 aliphatic carbocycles. The molecule has 0 aromatic heterocycles. The molecule has 0 fully saturated rings. The quantitative estimate of drug-likeness (QED) is 0.370. The van der Waals surface area contributed by atoms with Gasteiger partial charge in [0, 0.05) is 6.21 Å². The van der Waals surface area contributed by atoms with Gasteiger partial charge in [0.25, 0.3) is 11.8 Å². The van der Waals surface area contributed by atoms with Gasteiger partial charge in [-0.3, -0.25) is 25.4 Å². The molecule has 8 nitrogen and oxygen atoms in total. The van der Waals surface area contributed by atoms with E-state index in [9.17, 15) is 18.0 Å². The molecule has 0 spiro atoms. The fourth-order valence-electron chi connectivity index (χ4n) is 3.71. The molecule has 1 heterocycles. The van der Waals surface area contributed by atoms with Crippen molar-refractivity contribution in [3.8, 4) is 0 Å². The molecule has 1 aliphatic rings. The summed E-state index contributed by atoms with van der Waals surface area (Å²) in [6.07, 6.45) is 4.05. The Kier molecular flexibility index (Phi) is 8.57. The predicted octanol–water partition coefficient (Wildman–Crippen LogP) is 1.39. The maximum absolute atomic E-state index is 12.2. The van der Waals surface area contributed by atoms with Gasteiger partial charge in [-0.25, -0.2) is 0 Å². The lowest BCUT2D eigenvalue weighted by Crippen LogP contribution is -2.52. The van der Waals surface area contributed by atoms with Crippen molar-refractivity contribution in [2.24, 2.45) is 4.99 Å². The van der Waals surface area contributed by atoms with Crippen LogP contribution >= 0.6 is 0 Å². The van der Waals surface area contributed by atoms with E-state index < -0.39 is 36.5 Å². The standard InChI is InChI=1S/C17H29N3O5SSi/c1-11(2)27(12(3)4,13(5)6)25-10-15(21)19-20-17(22)16-14(26(23)24)8-7-9-18-16/h7-9,11-13,16H,10H2,1-6H3,(H,19,21)(H,20,22). The van der Waals surface area contributed by atoms with Gasteiger partial charge >= 0.3 is 0 Å². The van der Waals surface area contributed by atoms with Crippen molar-refractivity contribution in [2.75, 3.05) is 6.61 Å². The van der Waals surface area contributed by atoms with Crippen molar-refractivity contribution in [2.45, 2.75) is 64.2 Å². The molecule has 0 aromatic rings. The topological polar surface area (TPSA) is 114 Å². The number of allylic oxidation sites excluding steroid dienone is 1. The van der Waals surface area contributed by atoms with E-state index in [0.717, 1.165) is 0 Å². The van der Waals surface area contributed by atoms with Crippen LogP contribution in [0.15, 0.2) is 17.1 Å². The van der Waals surface area contributed by atoms with E-state index >= 15 is 0 Å². The van der Waals surface area contributed by atoms with Crippen molar-refractivity contribution in [3.05, 3.63) is 12.2 Å². The van der Waals surface area contributed by atoms with Crippen molar-refractivity contribution < 1.29 is 22.4 Å². The third-order valence-corrected chi connectivity index (χ3v) is 11.6. The van der Waals surface area contributed by atoms with Gasteiger partial charge in [-0.15, -0.1) is 0 Å². The summed E-state index contributed by atoms with van der Waals surface area (Å²) in [5.41, 5.74) is 5.47. The van der Waals surface area contributed by atoms with Crippen LogP contribution in [0.1, 0.15) is 41.5 Å². The number of carbonyl (C=O) groups excluding carboxylic acids is 2. The lowest BCUT2D eigenvalue weighted by atomic mass is 10.1. The minimum absolute atomic E-state index is 0.161. The van der Waals surface area contributed by atoms with E-state index in [-0.39, 0.29) is 11.5 Å². The summed E-state index contributed by atoms with van der Waals surface area (Å²) in [5.74, 6) is -1.23. The Morgan fingerprint density at radius 3 is 2.15 bits per heavy atom. The first-order chi connectivity index (χ1) is 12.5. The van der Waals surface area contributed by atoms with Crippen LogP contribution in [0.2, 0.25) is 16.6 Å². The first-order valence-electron chi connectivity index (χ1n) is 8.92. The highest BCUT2D eigenvalue weighted by atomic mass is 32.2. The molecule has 1 rings (SSSR count). The molecule has 0 saturated carbocycles. The summed E-state index contributed by atoms with van der Waals surface area (Å²) in [6.45, 7) is 12.5. The van der Waals surface area contributed by atoms with Gasteiger partial charge in [0.1, 0.15) is 11.5 Å². The second-order valence-electron chi connectivity index (χ2n) is 7.34. The van der Waals surface area contributed by atoms with Gasteiger partial charge in [-0.2, -0.15) is 8.42 Å². The molecule has 1 atom stereocenters. The summed E-state index contributed by atoms with van der Waals surface area (Å²) in [4.78, 5) is 28.0. The Hall–Kier alpha value is -1.78. The average Bonchev–Trinajstić information content (AvgIpc) is 2.59. The Balaban J connectivity index is 2.70. The minimum atomic E-state index is -2.57. The van der Waals surface area contributed by atoms with E-state index in [1.54, 1.807) is 0 Å². The molecule has 0 saturated heterocycles. The number of hydrogen-bond donors (Lipinski definition) is 2. The molecule has 27 heavy (non-hydrogen) atoms. The Morgan fingerprint density at radius 1 is 1.11 bits per heavy atom. The predicted molar refractivity (Wildman–Crippen MR) is 109 cm³/mol. The molecule has 1 aliphatic heterocycles. The van der Waals surface area contributed by atoms with Crippen LogP contribution in [-0.2, 0) is 24.3 Å². The van der Waals surface area contributed by atoms with E-state index in [0.29, 0.717) is 16.6 Å². The highest BCUT2D eigenvalue weighted by molar-refractivity contribution is 7.73. The van der Waals surface area contributed by atoms with Gasteiger partial charge in [-0.05, 0) is 28.8 Å². The fourth-order valence-corrected chi connectivity index (χ4v) is 9.63. The molecule has 2 amide bonds. The zero-order valence-corrected chi connectivity index (χ0v) is 18.5. The van der Waals surface area contributed by atoms with E-state index in [1.807, 2.05) is 0 Å². The van der Waals surface area contributed by atoms with Crippen molar-refractivity contribution in [1.82, 2.24) is 10.9 Å². The maximum Gasteiger partial charge on any atom is 0.268 e. The number of amides is 2. The van der Waals surface area contributed by atoms with Gasteiger partial charge in [0.05, 0.1) is 0 Å². The lowest BCUT2D eigenvalue weighted by molar-refractivity contribution is -0.130. The molecule has 2 N–H and O–H groups in total. The number of aliphatic imine (C=N–C) groups is 1. The number of carbonyl (C=O) groups is 2. The van der Waals surface area contributed by atoms with E-state index in [2.05, 4.69) is 57.4 Å². The van der Waals surface area contributed by atoms with Gasteiger partial charge in [0.15, 0.2) is 6.04 Å². The normalized spacial score (nSPS) is 16.9. The highest BCUT2D eigenvalue weighted by Crippen LogP contribution is 2.42. The summed E-state index contributed by atoms with van der Waals surface area (Å²) in [5, 5.41) is 0. The van der Waals surface area contributed by atoms with Gasteiger partial charge in [-0.1, -0.05) is 41.5 Å². The highest BCUT2D eigenvalue weighted by Gasteiger charge is 2.45. The van der Waals surface area contributed by atoms with E-state index in [4.69, 9.17) is 4.43 Å². The fraction of sp³-hybridized carbons (Fsp3) is 0.647. The van der Waals surface area contributed by atoms with Crippen LogP contribution < -0.4 is 10.9 Å². The van der Waals surface area contributed by atoms with Crippen molar-refractivity contribution in [1.29, 1.82) is 0 Å². The smallest absolute Gasteiger partial charge is 0.268 e. The molecule has 0 bridgehead atoms. The number of dihydropyridines is 1. The average molecular weight is 416 g/mol. The molecule has 1 unspecified atom stereocenters. The number of hydrazine groups is 1. The molecular formula is C17H29N3O5SSi. The van der Waals surface area contributed by atoms with Crippen LogP contribution in [0.3, 0.4) is 0 Å². The van der Waals surface area contributed by atoms with Crippen LogP contribution in [0.4, 0.5) is 0 Å². The first-order valence-corrected chi connectivity index (χ1v) is 12.1.